The molecule has 0 aliphatic heterocycles. The number of hydrogen-bond donors (Lipinski definition) is 1. The maximum Gasteiger partial charge on any atom is 0.471 e. The van der Waals surface area contributed by atoms with Crippen LogP contribution in [0.4, 0.5) is 13.2 Å². The average molecular weight is 356 g/mol. The quantitative estimate of drug-likeness (QED) is 0.657. The van der Waals surface area contributed by atoms with Crippen molar-refractivity contribution in [2.45, 2.75) is 25.6 Å². The van der Waals surface area contributed by atoms with Crippen molar-refractivity contribution in [1.82, 2.24) is 15.5 Å². The van der Waals surface area contributed by atoms with Crippen LogP contribution in [0, 0.1) is 0 Å². The van der Waals surface area contributed by atoms with E-state index >= 15 is 0 Å². The minimum atomic E-state index is -4.71. The Morgan fingerprint density at radius 2 is 1.92 bits per heavy atom. The second-order valence-corrected chi connectivity index (χ2v) is 5.59. The van der Waals surface area contributed by atoms with Crippen molar-refractivity contribution in [2.75, 3.05) is 7.11 Å². The van der Waals surface area contributed by atoms with Crippen LogP contribution in [0.5, 0.6) is 0 Å². The minimum absolute atomic E-state index is 0.216. The number of hydrogen-bond acceptors (Lipinski definition) is 6. The molecule has 2 aromatic rings. The Labute approximate surface area is 140 Å². The molecular formula is C15H15F3N4O3. The average Bonchev–Trinajstić information content (AvgIpc) is 3.03. The zero-order valence-electron chi connectivity index (χ0n) is 13.6. The minimum Gasteiger partial charge on any atom is -0.399 e. The van der Waals surface area contributed by atoms with Crippen LogP contribution < -0.4 is 5.32 Å². The number of alkyl halides is 3. The van der Waals surface area contributed by atoms with Crippen molar-refractivity contribution in [2.24, 2.45) is 5.16 Å². The molecule has 2 rings (SSSR count). The third-order valence-electron chi connectivity index (χ3n) is 2.99. The molecule has 1 heterocycles. The van der Waals surface area contributed by atoms with Gasteiger partial charge in [-0.2, -0.15) is 18.2 Å². The molecule has 10 heteroatoms. The third kappa shape index (κ3) is 4.78. The lowest BCUT2D eigenvalue weighted by Crippen LogP contribution is -2.44. The second-order valence-electron chi connectivity index (χ2n) is 5.59. The largest absolute Gasteiger partial charge is 0.471 e. The van der Waals surface area contributed by atoms with Crippen LogP contribution in [0.1, 0.15) is 30.1 Å². The van der Waals surface area contributed by atoms with Crippen molar-refractivity contribution < 1.29 is 27.3 Å². The fourth-order valence-corrected chi connectivity index (χ4v) is 1.81. The summed E-state index contributed by atoms with van der Waals surface area (Å²) in [5, 5.41) is 9.61. The molecule has 0 atom stereocenters. The van der Waals surface area contributed by atoms with Crippen molar-refractivity contribution in [3.8, 4) is 11.4 Å². The van der Waals surface area contributed by atoms with Gasteiger partial charge in [0.15, 0.2) is 0 Å². The Kier molecular flexibility index (Phi) is 5.10. The van der Waals surface area contributed by atoms with E-state index in [2.05, 4.69) is 30.0 Å². The standard InChI is InChI=1S/C15H15F3N4O3/c1-14(2,8-19-24-3)21-12(23)10-6-4-9(5-7-10)11-20-13(25-22-11)15(16,17)18/h4-8H,1-3H3,(H,21,23)/b19-8+. The van der Waals surface area contributed by atoms with Crippen LogP contribution in [0.2, 0.25) is 0 Å². The lowest BCUT2D eigenvalue weighted by Gasteiger charge is -2.20. The summed E-state index contributed by atoms with van der Waals surface area (Å²) in [5.74, 6) is -2.03. The van der Waals surface area contributed by atoms with Gasteiger partial charge < -0.3 is 14.7 Å². The topological polar surface area (TPSA) is 89.6 Å². The molecule has 1 N–H and O–H groups in total. The molecule has 1 aromatic heterocycles. The van der Waals surface area contributed by atoms with E-state index in [-0.39, 0.29) is 17.3 Å². The maximum absolute atomic E-state index is 12.5. The summed E-state index contributed by atoms with van der Waals surface area (Å²) in [4.78, 5) is 20.1. The van der Waals surface area contributed by atoms with Gasteiger partial charge in [0.05, 0.1) is 11.8 Å². The molecular weight excluding hydrogens is 341 g/mol. The van der Waals surface area contributed by atoms with Gasteiger partial charge in [0.25, 0.3) is 5.91 Å². The van der Waals surface area contributed by atoms with Gasteiger partial charge in [-0.3, -0.25) is 4.79 Å². The summed E-state index contributed by atoms with van der Waals surface area (Å²) < 4.78 is 41.6. The molecule has 134 valence electrons. The fraction of sp³-hybridized carbons (Fsp3) is 0.333. The number of benzene rings is 1. The van der Waals surface area contributed by atoms with Crippen molar-refractivity contribution in [3.63, 3.8) is 0 Å². The van der Waals surface area contributed by atoms with Gasteiger partial charge >= 0.3 is 12.1 Å². The van der Waals surface area contributed by atoms with E-state index in [0.29, 0.717) is 5.56 Å². The molecule has 0 aliphatic carbocycles. The highest BCUT2D eigenvalue weighted by Crippen LogP contribution is 2.29. The molecule has 0 fully saturated rings. The van der Waals surface area contributed by atoms with E-state index in [4.69, 9.17) is 0 Å². The molecule has 7 nitrogen and oxygen atoms in total. The maximum atomic E-state index is 12.5. The van der Waals surface area contributed by atoms with Crippen molar-refractivity contribution >= 4 is 12.1 Å². The normalized spacial score (nSPS) is 12.4. The lowest BCUT2D eigenvalue weighted by atomic mass is 10.1. The summed E-state index contributed by atoms with van der Waals surface area (Å²) in [6, 6.07) is 5.74. The predicted molar refractivity (Wildman–Crippen MR) is 81.8 cm³/mol. The van der Waals surface area contributed by atoms with Crippen LogP contribution in [-0.4, -0.2) is 34.9 Å². The second kappa shape index (κ2) is 6.91. The first-order valence-electron chi connectivity index (χ1n) is 7.04. The number of aromatic nitrogens is 2. The number of nitrogens with zero attached hydrogens (tertiary/aromatic N) is 3. The zero-order chi connectivity index (χ0) is 18.7. The molecule has 25 heavy (non-hydrogen) atoms. The summed E-state index contributed by atoms with van der Waals surface area (Å²) in [6.45, 7) is 3.44. The highest BCUT2D eigenvalue weighted by atomic mass is 19.4. The Morgan fingerprint density at radius 3 is 2.44 bits per heavy atom. The van der Waals surface area contributed by atoms with Gasteiger partial charge in [0.1, 0.15) is 7.11 Å². The van der Waals surface area contributed by atoms with Crippen LogP contribution in [0.25, 0.3) is 11.4 Å². The van der Waals surface area contributed by atoms with Gasteiger partial charge in [-0.1, -0.05) is 22.4 Å². The third-order valence-corrected chi connectivity index (χ3v) is 2.99. The van der Waals surface area contributed by atoms with E-state index < -0.39 is 17.6 Å². The van der Waals surface area contributed by atoms with Crippen LogP contribution in [0.3, 0.4) is 0 Å². The van der Waals surface area contributed by atoms with Gasteiger partial charge in [0.2, 0.25) is 5.82 Å². The number of halogens is 3. The number of oxime groups is 1. The Hall–Kier alpha value is -2.91. The Bertz CT molecular complexity index is 767. The van der Waals surface area contributed by atoms with E-state index in [9.17, 15) is 18.0 Å². The summed E-state index contributed by atoms with van der Waals surface area (Å²) in [5.41, 5.74) is -0.153. The van der Waals surface area contributed by atoms with Crippen molar-refractivity contribution in [3.05, 3.63) is 35.7 Å². The van der Waals surface area contributed by atoms with E-state index in [1.807, 2.05) is 0 Å². The van der Waals surface area contributed by atoms with Gasteiger partial charge in [-0.25, -0.2) is 0 Å². The predicted octanol–water partition coefficient (Wildman–Crippen LogP) is 2.90. The zero-order valence-corrected chi connectivity index (χ0v) is 13.6. The molecule has 0 saturated heterocycles. The van der Waals surface area contributed by atoms with Crippen LogP contribution in [-0.2, 0) is 11.0 Å². The first-order valence-corrected chi connectivity index (χ1v) is 7.04. The first kappa shape index (κ1) is 18.4. The molecule has 0 aliphatic rings. The molecule has 1 aromatic carbocycles. The number of amides is 1. The Morgan fingerprint density at radius 1 is 1.28 bits per heavy atom. The summed E-state index contributed by atoms with van der Waals surface area (Å²) in [7, 11) is 1.38. The SMILES string of the molecule is CO/N=C/C(C)(C)NC(=O)c1ccc(-c2noc(C(F)(F)F)n2)cc1. The van der Waals surface area contributed by atoms with Crippen LogP contribution >= 0.6 is 0 Å². The number of carbonyl (C=O) groups is 1. The monoisotopic (exact) mass is 356 g/mol. The van der Waals surface area contributed by atoms with E-state index in [1.54, 1.807) is 13.8 Å². The highest BCUT2D eigenvalue weighted by Gasteiger charge is 2.38. The van der Waals surface area contributed by atoms with Gasteiger partial charge in [-0.15, -0.1) is 0 Å². The van der Waals surface area contributed by atoms with Gasteiger partial charge in [0, 0.05) is 11.1 Å². The number of carbonyl (C=O) groups excluding carboxylic acids is 1. The van der Waals surface area contributed by atoms with E-state index in [0.717, 1.165) is 0 Å². The summed E-state index contributed by atoms with van der Waals surface area (Å²) >= 11 is 0. The van der Waals surface area contributed by atoms with Gasteiger partial charge in [-0.05, 0) is 26.0 Å². The number of rotatable bonds is 5. The number of nitrogens with one attached hydrogen (secondary N) is 1. The molecule has 0 saturated carbocycles. The van der Waals surface area contributed by atoms with Crippen molar-refractivity contribution in [1.29, 1.82) is 0 Å². The van der Waals surface area contributed by atoms with Crippen LogP contribution in [0.15, 0.2) is 33.9 Å². The molecule has 0 unspecified atom stereocenters. The highest BCUT2D eigenvalue weighted by molar-refractivity contribution is 5.96. The summed E-state index contributed by atoms with van der Waals surface area (Å²) in [6.07, 6.45) is -3.28. The Balaban J connectivity index is 2.13. The lowest BCUT2D eigenvalue weighted by molar-refractivity contribution is -0.159. The molecule has 0 radical (unpaired) electrons. The smallest absolute Gasteiger partial charge is 0.399 e. The molecule has 0 spiro atoms. The fourth-order valence-electron chi connectivity index (χ4n) is 1.81. The first-order chi connectivity index (χ1) is 11.6. The van der Waals surface area contributed by atoms with E-state index in [1.165, 1.54) is 37.6 Å². The molecule has 0 bridgehead atoms. The molecule has 1 amide bonds.